The zero-order valence-electron chi connectivity index (χ0n) is 10.0. The van der Waals surface area contributed by atoms with Crippen molar-refractivity contribution >= 4 is 45.1 Å². The average Bonchev–Trinajstić information content (AvgIpc) is 2.83. The smallest absolute Gasteiger partial charge is 0.306 e. The first-order valence-electron chi connectivity index (χ1n) is 5.96. The van der Waals surface area contributed by atoms with Gasteiger partial charge >= 0.3 is 5.97 Å². The largest absolute Gasteiger partial charge is 0.481 e. The molecule has 2 N–H and O–H groups in total. The summed E-state index contributed by atoms with van der Waals surface area (Å²) in [4.78, 5) is 22.9. The van der Waals surface area contributed by atoms with E-state index in [2.05, 4.69) is 21.2 Å². The Hall–Kier alpha value is -1.07. The van der Waals surface area contributed by atoms with Crippen LogP contribution in [0.2, 0.25) is 5.02 Å². The normalized spacial score (nSPS) is 22.2. The number of carboxylic acid groups (broad SMARTS) is 1. The van der Waals surface area contributed by atoms with Crippen LogP contribution >= 0.6 is 27.5 Å². The molecule has 2 rings (SSSR count). The highest BCUT2D eigenvalue weighted by atomic mass is 79.9. The second-order valence-electron chi connectivity index (χ2n) is 4.66. The topological polar surface area (TPSA) is 66.4 Å². The lowest BCUT2D eigenvalue weighted by Gasteiger charge is -2.12. The predicted octanol–water partition coefficient (Wildman–Crippen LogP) is 3.54. The van der Waals surface area contributed by atoms with Crippen LogP contribution in [0.5, 0.6) is 0 Å². The Morgan fingerprint density at radius 2 is 2.00 bits per heavy atom. The van der Waals surface area contributed by atoms with Gasteiger partial charge in [0.2, 0.25) is 5.91 Å². The summed E-state index contributed by atoms with van der Waals surface area (Å²) in [7, 11) is 0. The molecule has 0 bridgehead atoms. The molecule has 6 heteroatoms. The van der Waals surface area contributed by atoms with E-state index in [1.54, 1.807) is 18.2 Å². The van der Waals surface area contributed by atoms with Crippen LogP contribution in [0.3, 0.4) is 0 Å². The molecule has 19 heavy (non-hydrogen) atoms. The summed E-state index contributed by atoms with van der Waals surface area (Å²) in [6.45, 7) is 0. The Morgan fingerprint density at radius 3 is 2.63 bits per heavy atom. The monoisotopic (exact) mass is 345 g/mol. The van der Waals surface area contributed by atoms with Crippen LogP contribution in [0.25, 0.3) is 0 Å². The lowest BCUT2D eigenvalue weighted by atomic mass is 10.0. The van der Waals surface area contributed by atoms with Gasteiger partial charge in [-0.3, -0.25) is 9.59 Å². The van der Waals surface area contributed by atoms with E-state index in [1.165, 1.54) is 0 Å². The number of hydrogen-bond acceptors (Lipinski definition) is 2. The molecular formula is C13H13BrClNO3. The van der Waals surface area contributed by atoms with Crippen molar-refractivity contribution in [1.29, 1.82) is 0 Å². The summed E-state index contributed by atoms with van der Waals surface area (Å²) in [5.41, 5.74) is 0.608. The summed E-state index contributed by atoms with van der Waals surface area (Å²) >= 11 is 9.21. The fourth-order valence-corrected chi connectivity index (χ4v) is 2.79. The molecule has 1 aromatic rings. The summed E-state index contributed by atoms with van der Waals surface area (Å²) in [6.07, 6.45) is 1.57. The number of anilines is 1. The predicted molar refractivity (Wildman–Crippen MR) is 76.2 cm³/mol. The SMILES string of the molecule is O=C(O)C1CCC(C(=O)Nc2cc(Cl)ccc2Br)C1. The van der Waals surface area contributed by atoms with Gasteiger partial charge in [-0.15, -0.1) is 0 Å². The average molecular weight is 347 g/mol. The molecule has 0 heterocycles. The molecular weight excluding hydrogens is 334 g/mol. The number of carboxylic acids is 1. The third-order valence-corrected chi connectivity index (χ3v) is 4.27. The van der Waals surface area contributed by atoms with Crippen molar-refractivity contribution in [2.75, 3.05) is 5.32 Å². The summed E-state index contributed by atoms with van der Waals surface area (Å²) in [5.74, 6) is -1.61. The number of amides is 1. The first-order valence-corrected chi connectivity index (χ1v) is 7.13. The number of halogens is 2. The maximum atomic E-state index is 12.1. The molecule has 1 aliphatic carbocycles. The highest BCUT2D eigenvalue weighted by Gasteiger charge is 2.33. The second-order valence-corrected chi connectivity index (χ2v) is 5.95. The summed E-state index contributed by atoms with van der Waals surface area (Å²) in [5, 5.41) is 12.3. The van der Waals surface area contributed by atoms with Crippen LogP contribution in [0.4, 0.5) is 5.69 Å². The number of hydrogen-bond donors (Lipinski definition) is 2. The van der Waals surface area contributed by atoms with Crippen molar-refractivity contribution < 1.29 is 14.7 Å². The molecule has 0 spiro atoms. The van der Waals surface area contributed by atoms with Crippen LogP contribution in [0.15, 0.2) is 22.7 Å². The number of carbonyl (C=O) groups excluding carboxylic acids is 1. The molecule has 0 aromatic heterocycles. The van der Waals surface area contributed by atoms with E-state index in [0.717, 1.165) is 4.47 Å². The van der Waals surface area contributed by atoms with E-state index in [1.807, 2.05) is 0 Å². The minimum atomic E-state index is -0.820. The molecule has 2 unspecified atom stereocenters. The van der Waals surface area contributed by atoms with E-state index in [0.29, 0.717) is 30.0 Å². The molecule has 1 saturated carbocycles. The molecule has 102 valence electrons. The maximum Gasteiger partial charge on any atom is 0.306 e. The van der Waals surface area contributed by atoms with Crippen molar-refractivity contribution in [1.82, 2.24) is 0 Å². The van der Waals surface area contributed by atoms with Gasteiger partial charge in [0.1, 0.15) is 0 Å². The van der Waals surface area contributed by atoms with E-state index >= 15 is 0 Å². The van der Waals surface area contributed by atoms with Gasteiger partial charge in [-0.1, -0.05) is 11.6 Å². The first kappa shape index (κ1) is 14.3. The molecule has 1 aliphatic rings. The zero-order chi connectivity index (χ0) is 14.0. The maximum absolute atomic E-state index is 12.1. The van der Waals surface area contributed by atoms with Crippen molar-refractivity contribution in [3.8, 4) is 0 Å². The van der Waals surface area contributed by atoms with Crippen LogP contribution in [-0.2, 0) is 9.59 Å². The Kier molecular flexibility index (Phi) is 4.47. The number of nitrogens with one attached hydrogen (secondary N) is 1. The van der Waals surface area contributed by atoms with E-state index in [4.69, 9.17) is 16.7 Å². The van der Waals surface area contributed by atoms with Crippen LogP contribution < -0.4 is 5.32 Å². The number of aliphatic carboxylic acids is 1. The lowest BCUT2D eigenvalue weighted by molar-refractivity contribution is -0.141. The van der Waals surface area contributed by atoms with E-state index in [-0.39, 0.29) is 11.8 Å². The zero-order valence-corrected chi connectivity index (χ0v) is 12.4. The Labute approximate surface area is 124 Å². The highest BCUT2D eigenvalue weighted by Crippen LogP contribution is 2.33. The third-order valence-electron chi connectivity index (χ3n) is 3.34. The van der Waals surface area contributed by atoms with Gasteiger partial charge in [-0.2, -0.15) is 0 Å². The van der Waals surface area contributed by atoms with Gasteiger partial charge in [0, 0.05) is 15.4 Å². The van der Waals surface area contributed by atoms with Gasteiger partial charge < -0.3 is 10.4 Å². The van der Waals surface area contributed by atoms with Crippen LogP contribution in [-0.4, -0.2) is 17.0 Å². The molecule has 1 amide bonds. The standard InChI is InChI=1S/C13H13BrClNO3/c14-10-4-3-9(15)6-11(10)16-12(17)7-1-2-8(5-7)13(18)19/h3-4,6-8H,1-2,5H2,(H,16,17)(H,18,19). The first-order chi connectivity index (χ1) is 8.97. The molecule has 1 fully saturated rings. The molecule has 2 atom stereocenters. The Balaban J connectivity index is 2.02. The van der Waals surface area contributed by atoms with Crippen molar-refractivity contribution in [2.45, 2.75) is 19.3 Å². The van der Waals surface area contributed by atoms with Crippen molar-refractivity contribution in [2.24, 2.45) is 11.8 Å². The van der Waals surface area contributed by atoms with Gasteiger partial charge in [0.25, 0.3) is 0 Å². The van der Waals surface area contributed by atoms with Crippen LogP contribution in [0, 0.1) is 11.8 Å². The van der Waals surface area contributed by atoms with Gasteiger partial charge in [-0.05, 0) is 53.4 Å². The van der Waals surface area contributed by atoms with Gasteiger partial charge in [0.05, 0.1) is 11.6 Å². The van der Waals surface area contributed by atoms with E-state index < -0.39 is 11.9 Å². The highest BCUT2D eigenvalue weighted by molar-refractivity contribution is 9.10. The van der Waals surface area contributed by atoms with Crippen LogP contribution in [0.1, 0.15) is 19.3 Å². The fourth-order valence-electron chi connectivity index (χ4n) is 2.27. The van der Waals surface area contributed by atoms with Crippen molar-refractivity contribution in [3.63, 3.8) is 0 Å². The minimum absolute atomic E-state index is 0.147. The fraction of sp³-hybridized carbons (Fsp3) is 0.385. The van der Waals surface area contributed by atoms with Gasteiger partial charge in [0.15, 0.2) is 0 Å². The molecule has 4 nitrogen and oxygen atoms in total. The summed E-state index contributed by atoms with van der Waals surface area (Å²) < 4.78 is 0.748. The van der Waals surface area contributed by atoms with Gasteiger partial charge in [-0.25, -0.2) is 0 Å². The Morgan fingerprint density at radius 1 is 1.32 bits per heavy atom. The molecule has 0 saturated heterocycles. The minimum Gasteiger partial charge on any atom is -0.481 e. The molecule has 0 aliphatic heterocycles. The van der Waals surface area contributed by atoms with E-state index in [9.17, 15) is 9.59 Å². The van der Waals surface area contributed by atoms with Crippen molar-refractivity contribution in [3.05, 3.63) is 27.7 Å². The second kappa shape index (κ2) is 5.92. The Bertz CT molecular complexity index is 521. The quantitative estimate of drug-likeness (QED) is 0.879. The number of rotatable bonds is 3. The number of benzene rings is 1. The summed E-state index contributed by atoms with van der Waals surface area (Å²) in [6, 6.07) is 5.14. The lowest BCUT2D eigenvalue weighted by Crippen LogP contribution is -2.21. The number of carbonyl (C=O) groups is 2. The molecule has 1 aromatic carbocycles. The molecule has 0 radical (unpaired) electrons. The third kappa shape index (κ3) is 3.48.